The zero-order valence-corrected chi connectivity index (χ0v) is 12.2. The predicted octanol–water partition coefficient (Wildman–Crippen LogP) is 3.67. The van der Waals surface area contributed by atoms with Crippen molar-refractivity contribution in [3.63, 3.8) is 0 Å². The van der Waals surface area contributed by atoms with Crippen molar-refractivity contribution in [1.29, 1.82) is 5.26 Å². The largest absolute Gasteiger partial charge is 0.497 e. The van der Waals surface area contributed by atoms with Gasteiger partial charge in [-0.05, 0) is 36.4 Å². The van der Waals surface area contributed by atoms with E-state index in [2.05, 4.69) is 5.32 Å². The summed E-state index contributed by atoms with van der Waals surface area (Å²) >= 11 is 0. The predicted molar refractivity (Wildman–Crippen MR) is 82.1 cm³/mol. The highest BCUT2D eigenvalue weighted by molar-refractivity contribution is 6.02. The Bertz CT molecular complexity index is 855. The third-order valence-electron chi connectivity index (χ3n) is 3.20. The number of rotatable bonds is 4. The second kappa shape index (κ2) is 6.12. The van der Waals surface area contributed by atoms with Crippen LogP contribution in [-0.2, 0) is 0 Å². The Morgan fingerprint density at radius 3 is 2.65 bits per heavy atom. The van der Waals surface area contributed by atoms with Crippen LogP contribution >= 0.6 is 0 Å². The average Bonchev–Trinajstić information content (AvgIpc) is 3.24. The number of methoxy groups -OCH3 is 1. The van der Waals surface area contributed by atoms with Gasteiger partial charge in [-0.25, -0.2) is 0 Å². The quantitative estimate of drug-likeness (QED) is 0.794. The van der Waals surface area contributed by atoms with Crippen LogP contribution in [0.3, 0.4) is 0 Å². The van der Waals surface area contributed by atoms with E-state index < -0.39 is 5.91 Å². The second-order valence-corrected chi connectivity index (χ2v) is 4.63. The smallest absolute Gasteiger partial charge is 0.293 e. The van der Waals surface area contributed by atoms with Crippen molar-refractivity contribution < 1.29 is 18.4 Å². The van der Waals surface area contributed by atoms with Crippen LogP contribution in [0, 0.1) is 11.3 Å². The monoisotopic (exact) mass is 308 g/mol. The number of nitrogens with one attached hydrogen (secondary N) is 1. The van der Waals surface area contributed by atoms with E-state index in [9.17, 15) is 10.1 Å². The van der Waals surface area contributed by atoms with E-state index in [0.717, 1.165) is 5.56 Å². The Balaban J connectivity index is 1.88. The lowest BCUT2D eigenvalue weighted by Crippen LogP contribution is -2.10. The number of benzene rings is 1. The number of amides is 1. The summed E-state index contributed by atoms with van der Waals surface area (Å²) in [4.78, 5) is 12.0. The summed E-state index contributed by atoms with van der Waals surface area (Å²) in [6.07, 6.45) is 1.39. The molecule has 23 heavy (non-hydrogen) atoms. The van der Waals surface area contributed by atoms with Crippen molar-refractivity contribution in [2.75, 3.05) is 12.4 Å². The highest BCUT2D eigenvalue weighted by Gasteiger charge is 2.17. The summed E-state index contributed by atoms with van der Waals surface area (Å²) < 4.78 is 15.7. The maximum absolute atomic E-state index is 12.0. The molecule has 3 aromatic rings. The van der Waals surface area contributed by atoms with E-state index in [4.69, 9.17) is 13.6 Å². The van der Waals surface area contributed by atoms with Gasteiger partial charge in [0.25, 0.3) is 5.91 Å². The van der Waals surface area contributed by atoms with Crippen molar-refractivity contribution >= 4 is 11.8 Å². The molecule has 0 aliphatic carbocycles. The lowest BCUT2D eigenvalue weighted by atomic mass is 10.1. The normalized spacial score (nSPS) is 10.1. The fourth-order valence-corrected chi connectivity index (χ4v) is 2.04. The molecule has 0 saturated carbocycles. The number of hydrogen-bond donors (Lipinski definition) is 1. The van der Waals surface area contributed by atoms with Gasteiger partial charge >= 0.3 is 0 Å². The van der Waals surface area contributed by atoms with E-state index in [1.54, 1.807) is 43.5 Å². The first-order chi connectivity index (χ1) is 11.2. The van der Waals surface area contributed by atoms with Crippen LogP contribution < -0.4 is 10.1 Å². The molecule has 0 atom stereocenters. The molecule has 2 aromatic heterocycles. The first-order valence-corrected chi connectivity index (χ1v) is 6.74. The Labute approximate surface area is 131 Å². The van der Waals surface area contributed by atoms with Gasteiger partial charge in [-0.1, -0.05) is 0 Å². The molecule has 0 fully saturated rings. The molecule has 6 nitrogen and oxygen atoms in total. The average molecular weight is 308 g/mol. The number of hydrogen-bond acceptors (Lipinski definition) is 5. The molecule has 0 radical (unpaired) electrons. The van der Waals surface area contributed by atoms with Gasteiger partial charge in [-0.15, -0.1) is 0 Å². The van der Waals surface area contributed by atoms with Crippen LogP contribution in [0.25, 0.3) is 11.3 Å². The number of carbonyl (C=O) groups is 1. The fraction of sp³-hybridized carbons (Fsp3) is 0.0588. The summed E-state index contributed by atoms with van der Waals surface area (Å²) in [6.45, 7) is 0. The molecule has 6 heteroatoms. The van der Waals surface area contributed by atoms with Crippen molar-refractivity contribution in [2.24, 2.45) is 0 Å². The molecule has 0 bridgehead atoms. The third-order valence-corrected chi connectivity index (χ3v) is 3.20. The van der Waals surface area contributed by atoms with Crippen LogP contribution in [0.2, 0.25) is 0 Å². The van der Waals surface area contributed by atoms with Crippen LogP contribution in [0.4, 0.5) is 5.88 Å². The summed E-state index contributed by atoms with van der Waals surface area (Å²) in [5.41, 5.74) is 0.997. The molecule has 114 valence electrons. The van der Waals surface area contributed by atoms with Crippen molar-refractivity contribution in [2.45, 2.75) is 0 Å². The van der Waals surface area contributed by atoms with Crippen LogP contribution in [0.15, 0.2) is 57.6 Å². The summed E-state index contributed by atoms with van der Waals surface area (Å²) in [5, 5.41) is 11.7. The van der Waals surface area contributed by atoms with Gasteiger partial charge in [0.15, 0.2) is 5.76 Å². The van der Waals surface area contributed by atoms with Gasteiger partial charge < -0.3 is 13.6 Å². The van der Waals surface area contributed by atoms with Crippen molar-refractivity contribution in [1.82, 2.24) is 0 Å². The minimum absolute atomic E-state index is 0.0831. The molecule has 1 amide bonds. The fourth-order valence-electron chi connectivity index (χ4n) is 2.04. The topological polar surface area (TPSA) is 88.4 Å². The van der Waals surface area contributed by atoms with E-state index in [0.29, 0.717) is 11.5 Å². The van der Waals surface area contributed by atoms with Crippen molar-refractivity contribution in [3.8, 4) is 23.1 Å². The van der Waals surface area contributed by atoms with E-state index in [1.165, 1.54) is 12.3 Å². The number of furan rings is 2. The number of anilines is 1. The highest BCUT2D eigenvalue weighted by atomic mass is 16.5. The maximum atomic E-state index is 12.0. The molecule has 2 heterocycles. The summed E-state index contributed by atoms with van der Waals surface area (Å²) in [6, 6.07) is 13.9. The molecule has 0 spiro atoms. The van der Waals surface area contributed by atoms with Crippen LogP contribution in [0.1, 0.15) is 16.1 Å². The van der Waals surface area contributed by atoms with E-state index in [1.807, 2.05) is 6.07 Å². The first kappa shape index (κ1) is 14.5. The molecule has 1 aromatic carbocycles. The Hall–Kier alpha value is -3.46. The van der Waals surface area contributed by atoms with Gasteiger partial charge in [-0.3, -0.25) is 10.1 Å². The third kappa shape index (κ3) is 2.94. The molecule has 0 saturated heterocycles. The molecule has 0 aliphatic heterocycles. The van der Waals surface area contributed by atoms with Crippen LogP contribution in [0.5, 0.6) is 5.75 Å². The number of ether oxygens (including phenoxy) is 1. The van der Waals surface area contributed by atoms with Crippen LogP contribution in [-0.4, -0.2) is 13.0 Å². The zero-order chi connectivity index (χ0) is 16.2. The summed E-state index contributed by atoms with van der Waals surface area (Å²) in [5.74, 6) is 0.921. The second-order valence-electron chi connectivity index (χ2n) is 4.63. The van der Waals surface area contributed by atoms with E-state index >= 15 is 0 Å². The highest BCUT2D eigenvalue weighted by Crippen LogP contribution is 2.30. The van der Waals surface area contributed by atoms with Gasteiger partial charge in [-0.2, -0.15) is 5.26 Å². The first-order valence-electron chi connectivity index (χ1n) is 6.74. The molecule has 0 aliphatic rings. The molecule has 0 unspecified atom stereocenters. The number of nitriles is 1. The number of carbonyl (C=O) groups excluding carboxylic acids is 1. The molecular weight excluding hydrogens is 296 g/mol. The molecule has 3 rings (SSSR count). The Morgan fingerprint density at radius 2 is 2.04 bits per heavy atom. The van der Waals surface area contributed by atoms with E-state index in [-0.39, 0.29) is 17.2 Å². The van der Waals surface area contributed by atoms with Gasteiger partial charge in [0.05, 0.1) is 13.4 Å². The maximum Gasteiger partial charge on any atom is 0.293 e. The Kier molecular flexibility index (Phi) is 3.85. The SMILES string of the molecule is COc1ccc(-c2cc(C#N)c(NC(=O)c3ccco3)o2)cc1. The minimum atomic E-state index is -0.484. The van der Waals surface area contributed by atoms with Crippen molar-refractivity contribution in [3.05, 3.63) is 60.1 Å². The lowest BCUT2D eigenvalue weighted by Gasteiger charge is -2.01. The number of nitrogens with zero attached hydrogens (tertiary/aromatic N) is 1. The van der Waals surface area contributed by atoms with Gasteiger partial charge in [0.2, 0.25) is 5.88 Å². The summed E-state index contributed by atoms with van der Waals surface area (Å²) in [7, 11) is 1.58. The standard InChI is InChI=1S/C17H12N2O4/c1-21-13-6-4-11(5-7-13)15-9-12(10-18)17(23-15)19-16(20)14-3-2-8-22-14/h2-9H,1H3,(H,19,20). The lowest BCUT2D eigenvalue weighted by molar-refractivity contribution is 0.0994. The van der Waals surface area contributed by atoms with Gasteiger partial charge in [0.1, 0.15) is 23.1 Å². The molecule has 1 N–H and O–H groups in total. The Morgan fingerprint density at radius 1 is 1.26 bits per heavy atom. The zero-order valence-electron chi connectivity index (χ0n) is 12.2. The molecular formula is C17H12N2O4. The minimum Gasteiger partial charge on any atom is -0.497 e. The van der Waals surface area contributed by atoms with Gasteiger partial charge in [0, 0.05) is 11.6 Å².